The summed E-state index contributed by atoms with van der Waals surface area (Å²) in [6.07, 6.45) is 3.26. The second kappa shape index (κ2) is 12.6. The first-order chi connectivity index (χ1) is 22.1. The predicted molar refractivity (Wildman–Crippen MR) is 172 cm³/mol. The van der Waals surface area contributed by atoms with Crippen LogP contribution in [0.2, 0.25) is 0 Å². The lowest BCUT2D eigenvalue weighted by atomic mass is 9.43. The molecule has 2 amide bonds. The molecule has 3 aliphatic carbocycles. The molecule has 3 saturated carbocycles. The SMILES string of the molecule is CC1(C)[C@@H]2C[C@H]3OB(C(Cc4ccccc4)NC(=O)C[C@@H]4CN(C(=O)C(C#N)=CC(C)(C)N5CCC(F)(F)C5)CCO4)O[C@@]3(C)[C@H]1C2. The third-order valence-corrected chi connectivity index (χ3v) is 11.6. The molecular formula is C35H47BF2N4O5. The average molecular weight is 653 g/mol. The molecule has 1 unspecified atom stereocenters. The fourth-order valence-electron chi connectivity index (χ4n) is 8.64. The number of nitriles is 1. The molecule has 12 heteroatoms. The van der Waals surface area contributed by atoms with Gasteiger partial charge in [-0.25, -0.2) is 8.78 Å². The maximum atomic E-state index is 13.9. The fraction of sp³-hybridized carbons (Fsp3) is 0.686. The third-order valence-electron chi connectivity index (χ3n) is 11.6. The van der Waals surface area contributed by atoms with Gasteiger partial charge in [-0.3, -0.25) is 14.5 Å². The van der Waals surface area contributed by atoms with Gasteiger partial charge in [0.05, 0.1) is 43.3 Å². The molecule has 1 aromatic carbocycles. The fourth-order valence-corrected chi connectivity index (χ4v) is 8.64. The number of morpholine rings is 1. The largest absolute Gasteiger partial charge is 0.482 e. The lowest BCUT2D eigenvalue weighted by Crippen LogP contribution is -2.65. The summed E-state index contributed by atoms with van der Waals surface area (Å²) in [5.41, 5.74) is -0.175. The number of halogens is 2. The van der Waals surface area contributed by atoms with Crippen molar-refractivity contribution in [2.45, 2.75) is 102 Å². The minimum Gasteiger partial charge on any atom is -0.404 e. The van der Waals surface area contributed by atoms with E-state index in [1.165, 1.54) is 11.0 Å². The molecule has 6 aliphatic rings. The zero-order valence-electron chi connectivity index (χ0n) is 28.1. The van der Waals surface area contributed by atoms with E-state index in [0.717, 1.165) is 18.4 Å². The second-order valence-electron chi connectivity index (χ2n) is 15.5. The van der Waals surface area contributed by atoms with Crippen LogP contribution in [0.5, 0.6) is 0 Å². The summed E-state index contributed by atoms with van der Waals surface area (Å²) in [6.45, 7) is 10.6. The number of nitrogens with one attached hydrogen (secondary N) is 1. The molecule has 0 radical (unpaired) electrons. The van der Waals surface area contributed by atoms with Gasteiger partial charge < -0.3 is 24.3 Å². The number of carbonyl (C=O) groups is 2. The van der Waals surface area contributed by atoms with Gasteiger partial charge in [0, 0.05) is 31.6 Å². The summed E-state index contributed by atoms with van der Waals surface area (Å²) in [4.78, 5) is 30.1. The summed E-state index contributed by atoms with van der Waals surface area (Å²) in [5.74, 6) is -2.95. The highest BCUT2D eigenvalue weighted by Crippen LogP contribution is 2.65. The highest BCUT2D eigenvalue weighted by atomic mass is 19.3. The Labute approximate surface area is 277 Å². The number of likely N-dealkylation sites (tertiary alicyclic amines) is 1. The molecule has 3 aliphatic heterocycles. The van der Waals surface area contributed by atoms with E-state index in [0.29, 0.717) is 18.3 Å². The molecule has 7 rings (SSSR count). The number of hydrogen-bond donors (Lipinski definition) is 1. The summed E-state index contributed by atoms with van der Waals surface area (Å²) in [6, 6.07) is 11.9. The van der Waals surface area contributed by atoms with Crippen molar-refractivity contribution in [3.05, 3.63) is 47.5 Å². The van der Waals surface area contributed by atoms with Crippen LogP contribution in [0.3, 0.4) is 0 Å². The van der Waals surface area contributed by atoms with Gasteiger partial charge in [0.1, 0.15) is 11.6 Å². The number of benzene rings is 1. The van der Waals surface area contributed by atoms with Crippen LogP contribution in [0, 0.1) is 28.6 Å². The average Bonchev–Trinajstić information content (AvgIpc) is 3.58. The van der Waals surface area contributed by atoms with Crippen molar-refractivity contribution in [2.75, 3.05) is 32.8 Å². The van der Waals surface area contributed by atoms with Crippen LogP contribution in [0.25, 0.3) is 0 Å². The molecule has 3 heterocycles. The Bertz CT molecular complexity index is 1430. The minimum absolute atomic E-state index is 0.0141. The third kappa shape index (κ3) is 6.74. The van der Waals surface area contributed by atoms with Crippen LogP contribution in [0.15, 0.2) is 42.0 Å². The Hall–Kier alpha value is -2.85. The Morgan fingerprint density at radius 2 is 1.94 bits per heavy atom. The molecule has 6 fully saturated rings. The van der Waals surface area contributed by atoms with Crippen LogP contribution in [0.4, 0.5) is 8.78 Å². The number of nitrogens with zero attached hydrogens (tertiary/aromatic N) is 3. The van der Waals surface area contributed by atoms with Gasteiger partial charge in [0.15, 0.2) is 0 Å². The Balaban J connectivity index is 1.10. The maximum absolute atomic E-state index is 13.9. The van der Waals surface area contributed by atoms with Crippen molar-refractivity contribution in [2.24, 2.45) is 17.3 Å². The molecule has 9 nitrogen and oxygen atoms in total. The lowest BCUT2D eigenvalue weighted by molar-refractivity contribution is -0.199. The van der Waals surface area contributed by atoms with Gasteiger partial charge in [-0.2, -0.15) is 5.26 Å². The molecule has 3 saturated heterocycles. The molecule has 2 bridgehead atoms. The number of hydrogen-bond acceptors (Lipinski definition) is 7. The first kappa shape index (κ1) is 34.0. The summed E-state index contributed by atoms with van der Waals surface area (Å²) in [7, 11) is -0.600. The van der Waals surface area contributed by atoms with Crippen molar-refractivity contribution in [3.63, 3.8) is 0 Å². The lowest BCUT2D eigenvalue weighted by Gasteiger charge is -2.64. The Morgan fingerprint density at radius 1 is 1.19 bits per heavy atom. The summed E-state index contributed by atoms with van der Waals surface area (Å²) < 4.78 is 47.0. The standard InChI is InChI=1S/C35H47BF2N4O5/c1-32(2,42-12-11-35(37,38)22-42)19-24(20-39)31(44)41-13-14-45-26(21-41)18-30(43)40-29(15-23-9-7-6-8-10-23)36-46-28-17-25-16-27(33(25,3)4)34(28,5)47-36/h6-10,19,25-29H,11-18,21-22H2,1-5H3,(H,40,43)/t25-,26+,27-,28+,29?,34-/m0/s1. The number of carbonyl (C=O) groups excluding carboxylic acids is 2. The van der Waals surface area contributed by atoms with Crippen molar-refractivity contribution >= 4 is 18.9 Å². The maximum Gasteiger partial charge on any atom is 0.482 e. The van der Waals surface area contributed by atoms with Crippen LogP contribution < -0.4 is 5.32 Å². The highest BCUT2D eigenvalue weighted by molar-refractivity contribution is 6.48. The molecule has 0 spiro atoms. The van der Waals surface area contributed by atoms with Crippen LogP contribution in [0.1, 0.15) is 65.9 Å². The van der Waals surface area contributed by atoms with Gasteiger partial charge in [0.25, 0.3) is 11.8 Å². The van der Waals surface area contributed by atoms with Gasteiger partial charge >= 0.3 is 7.12 Å². The van der Waals surface area contributed by atoms with E-state index in [1.54, 1.807) is 18.7 Å². The van der Waals surface area contributed by atoms with Crippen LogP contribution >= 0.6 is 0 Å². The monoisotopic (exact) mass is 652 g/mol. The normalized spacial score (nSPS) is 32.3. The van der Waals surface area contributed by atoms with E-state index in [9.17, 15) is 23.6 Å². The molecule has 254 valence electrons. The molecule has 6 atom stereocenters. The van der Waals surface area contributed by atoms with E-state index >= 15 is 0 Å². The van der Waals surface area contributed by atoms with E-state index in [4.69, 9.17) is 14.0 Å². The molecule has 1 N–H and O–H groups in total. The Kier molecular flexibility index (Phi) is 9.09. The molecule has 0 aromatic heterocycles. The van der Waals surface area contributed by atoms with Gasteiger partial charge in [-0.05, 0) is 68.9 Å². The molecule has 1 aromatic rings. The summed E-state index contributed by atoms with van der Waals surface area (Å²) in [5, 5.41) is 13.0. The van der Waals surface area contributed by atoms with Crippen molar-refractivity contribution in [1.82, 2.24) is 15.1 Å². The smallest absolute Gasteiger partial charge is 0.404 e. The van der Waals surface area contributed by atoms with E-state index < -0.39 is 48.7 Å². The number of ether oxygens (including phenoxy) is 1. The van der Waals surface area contributed by atoms with Crippen LogP contribution in [-0.2, 0) is 30.1 Å². The van der Waals surface area contributed by atoms with Gasteiger partial charge in [-0.1, -0.05) is 44.2 Å². The zero-order chi connectivity index (χ0) is 33.8. The van der Waals surface area contributed by atoms with Crippen molar-refractivity contribution in [3.8, 4) is 6.07 Å². The van der Waals surface area contributed by atoms with E-state index in [2.05, 4.69) is 26.1 Å². The van der Waals surface area contributed by atoms with Crippen LogP contribution in [-0.4, -0.2) is 96.7 Å². The zero-order valence-corrected chi connectivity index (χ0v) is 28.1. The number of alkyl halides is 2. The summed E-state index contributed by atoms with van der Waals surface area (Å²) >= 11 is 0. The topological polar surface area (TPSA) is 104 Å². The molecule has 47 heavy (non-hydrogen) atoms. The van der Waals surface area contributed by atoms with E-state index in [1.807, 2.05) is 36.4 Å². The van der Waals surface area contributed by atoms with Gasteiger partial charge in [0.2, 0.25) is 5.91 Å². The first-order valence-corrected chi connectivity index (χ1v) is 16.9. The first-order valence-electron chi connectivity index (χ1n) is 16.9. The van der Waals surface area contributed by atoms with E-state index in [-0.39, 0.29) is 62.1 Å². The minimum atomic E-state index is -2.79. The predicted octanol–water partition coefficient (Wildman–Crippen LogP) is 4.17. The second-order valence-corrected chi connectivity index (χ2v) is 15.5. The van der Waals surface area contributed by atoms with Gasteiger partial charge in [-0.15, -0.1) is 0 Å². The van der Waals surface area contributed by atoms with Crippen molar-refractivity contribution < 1.29 is 32.4 Å². The number of amides is 2. The van der Waals surface area contributed by atoms with Crippen molar-refractivity contribution in [1.29, 1.82) is 5.26 Å². The Morgan fingerprint density at radius 3 is 2.60 bits per heavy atom. The quantitative estimate of drug-likeness (QED) is 0.243. The highest BCUT2D eigenvalue weighted by Gasteiger charge is 2.68. The number of rotatable bonds is 9. The molecular weight excluding hydrogens is 605 g/mol.